The van der Waals surface area contributed by atoms with Crippen molar-refractivity contribution < 1.29 is 0 Å². The largest absolute Gasteiger partial charge is 0.345 e. The van der Waals surface area contributed by atoms with Gasteiger partial charge < -0.3 is 19.6 Å². The Morgan fingerprint density at radius 1 is 0.155 bits per heavy atom. The predicted molar refractivity (Wildman–Crippen MR) is 479 cm³/mol. The number of nitrogens with zero attached hydrogens (tertiary/aromatic N) is 4. The zero-order valence-corrected chi connectivity index (χ0v) is 64.0. The van der Waals surface area contributed by atoms with Gasteiger partial charge in [-0.3, -0.25) is 0 Å². The zero-order chi connectivity index (χ0) is 75.7. The van der Waals surface area contributed by atoms with Crippen molar-refractivity contribution >= 4 is 110 Å². The zero-order valence-electron chi connectivity index (χ0n) is 64.0. The van der Waals surface area contributed by atoms with Gasteiger partial charge in [0, 0.05) is 73.7 Å². The Morgan fingerprint density at radius 3 is 0.727 bits per heavy atom. The van der Waals surface area contributed by atoms with Gasteiger partial charge in [0.2, 0.25) is 0 Å². The van der Waals surface area contributed by atoms with Gasteiger partial charge in [-0.25, -0.2) is 0 Å². The highest BCUT2D eigenvalue weighted by Crippen LogP contribution is 2.38. The average Bonchev–Trinajstić information content (AvgIpc) is 0.748. The van der Waals surface area contributed by atoms with Crippen molar-refractivity contribution in [3.05, 3.63) is 435 Å². The second-order valence-electron chi connectivity index (χ2n) is 28.2. The molecule has 0 saturated carbocycles. The predicted octanol–water partition coefficient (Wildman–Crippen LogP) is 29.2. The normalized spacial score (nSPS) is 10.7. The quantitative estimate of drug-likeness (QED) is 0.120. The molecule has 0 radical (unpaired) electrons. The van der Waals surface area contributed by atoms with Crippen LogP contribution in [0.5, 0.6) is 0 Å². The number of rotatable bonds is 11. The van der Waals surface area contributed by atoms with E-state index < -0.39 is 0 Å². The Morgan fingerprint density at radius 2 is 0.391 bits per heavy atom. The molecule has 19 rings (SSSR count). The first-order valence-electron chi connectivity index (χ1n) is 37.8. The molecular formula is C106H92N4. The second kappa shape index (κ2) is 34.8. The maximum atomic E-state index is 2.27. The second-order valence-corrected chi connectivity index (χ2v) is 28.2. The Kier molecular flexibility index (Phi) is 23.2. The molecule has 0 spiro atoms. The molecule has 0 amide bonds. The van der Waals surface area contributed by atoms with Crippen LogP contribution in [0.2, 0.25) is 0 Å². The van der Waals surface area contributed by atoms with E-state index in [9.17, 15) is 0 Å². The van der Waals surface area contributed by atoms with Crippen LogP contribution in [0, 0.1) is 27.7 Å². The fourth-order valence-electron chi connectivity index (χ4n) is 14.5. The topological polar surface area (TPSA) is 13.0 Å². The van der Waals surface area contributed by atoms with Gasteiger partial charge in [-0.05, 0) is 245 Å². The molecule has 0 aliphatic carbocycles. The Hall–Kier alpha value is -13.5. The summed E-state index contributed by atoms with van der Waals surface area (Å²) in [7, 11) is 8.37. The Labute approximate surface area is 649 Å². The standard InChI is InChI=1S/C25H21N.C19H17N.2C17H12.C15H17N.C13H13N/c1-26(24-16-12-22(13-17-24)20-8-4-2-5-9-20)25-18-14-23(15-19-25)21-10-6-3-7-11-21;1-20(18-10-6-3-7-11-18)19-14-12-17(13-15-19)16-8-4-2-5-9-16;1-11-9-14-7-5-12-3-2-4-13-6-8-15(10-11)17(14)16(12)13;1-11-5-6-14-8-7-12-3-2-4-13-9-10-15(11)17(14)16(12)13;1-12-6-4-8-14(10-12)16(3)15-9-5-7-13(2)11-15;1-14(12-8-4-2-5-9-12)13-10-6-3-7-11-13/h2-19H,1H3;2-15H,1H3;2*2-10H,1H3;4-11H,1-3H3;2-11H,1H3. The van der Waals surface area contributed by atoms with Gasteiger partial charge in [-0.1, -0.05) is 315 Å². The molecule has 536 valence electrons. The fraction of sp³-hybridized carbons (Fsp3) is 0.0755. The van der Waals surface area contributed by atoms with Crippen LogP contribution in [0.4, 0.5) is 45.5 Å². The van der Waals surface area contributed by atoms with E-state index in [0.29, 0.717) is 0 Å². The lowest BCUT2D eigenvalue weighted by molar-refractivity contribution is 1.19. The lowest BCUT2D eigenvalue weighted by Crippen LogP contribution is -2.09. The summed E-state index contributed by atoms with van der Waals surface area (Å²) in [6.45, 7) is 8.58. The van der Waals surface area contributed by atoms with Gasteiger partial charge in [0.25, 0.3) is 0 Å². The number of benzene rings is 19. The SMILES string of the molecule is CN(c1ccc(-c2ccccc2)cc1)c1ccc(-c2ccccc2)cc1.CN(c1ccccc1)c1ccc(-c2ccccc2)cc1.CN(c1ccccc1)c1ccccc1.Cc1cc2ccc3cccc4ccc(c1)c2c34.Cc1ccc2ccc3cccc4ccc1c2c34.Cc1cccc(N(C)c2cccc(C)c2)c1. The van der Waals surface area contributed by atoms with E-state index in [1.807, 2.05) is 36.4 Å². The van der Waals surface area contributed by atoms with Crippen molar-refractivity contribution in [2.24, 2.45) is 0 Å². The van der Waals surface area contributed by atoms with E-state index in [1.165, 1.54) is 166 Å². The van der Waals surface area contributed by atoms with Crippen LogP contribution in [0.25, 0.3) is 98.0 Å². The van der Waals surface area contributed by atoms with Crippen LogP contribution >= 0.6 is 0 Å². The number of hydrogen-bond acceptors (Lipinski definition) is 4. The molecule has 0 saturated heterocycles. The van der Waals surface area contributed by atoms with Crippen LogP contribution in [0.3, 0.4) is 0 Å². The molecule has 0 aromatic heterocycles. The first-order chi connectivity index (χ1) is 53.9. The molecule has 0 N–H and O–H groups in total. The summed E-state index contributed by atoms with van der Waals surface area (Å²) in [6, 6.07) is 146. The highest BCUT2D eigenvalue weighted by molar-refractivity contribution is 6.24. The van der Waals surface area contributed by atoms with Crippen molar-refractivity contribution in [2.45, 2.75) is 27.7 Å². The summed E-state index contributed by atoms with van der Waals surface area (Å²) in [5, 5.41) is 16.4. The van der Waals surface area contributed by atoms with E-state index in [2.05, 4.69) is 452 Å². The molecule has 19 aromatic rings. The van der Waals surface area contributed by atoms with Crippen LogP contribution in [-0.4, -0.2) is 28.2 Å². The minimum absolute atomic E-state index is 1.18. The minimum Gasteiger partial charge on any atom is -0.345 e. The van der Waals surface area contributed by atoms with Crippen molar-refractivity contribution in [3.8, 4) is 33.4 Å². The van der Waals surface area contributed by atoms with E-state index in [0.717, 1.165) is 0 Å². The molecule has 0 unspecified atom stereocenters. The van der Waals surface area contributed by atoms with Crippen molar-refractivity contribution in [3.63, 3.8) is 0 Å². The van der Waals surface area contributed by atoms with Crippen LogP contribution in [-0.2, 0) is 0 Å². The van der Waals surface area contributed by atoms with Crippen molar-refractivity contribution in [2.75, 3.05) is 47.8 Å². The monoisotopic (exact) mass is 1420 g/mol. The van der Waals surface area contributed by atoms with E-state index in [1.54, 1.807) is 0 Å². The van der Waals surface area contributed by atoms with Gasteiger partial charge >= 0.3 is 0 Å². The van der Waals surface area contributed by atoms with Gasteiger partial charge in [0.05, 0.1) is 0 Å². The molecule has 4 nitrogen and oxygen atoms in total. The van der Waals surface area contributed by atoms with Gasteiger partial charge in [0.1, 0.15) is 0 Å². The summed E-state index contributed by atoms with van der Waals surface area (Å²) >= 11 is 0. The van der Waals surface area contributed by atoms with Crippen LogP contribution < -0.4 is 19.6 Å². The number of para-hydroxylation sites is 3. The molecule has 110 heavy (non-hydrogen) atoms. The summed E-state index contributed by atoms with van der Waals surface area (Å²) in [5.74, 6) is 0. The van der Waals surface area contributed by atoms with Gasteiger partial charge in [-0.15, -0.1) is 0 Å². The number of anilines is 8. The van der Waals surface area contributed by atoms with Gasteiger partial charge in [-0.2, -0.15) is 0 Å². The summed E-state index contributed by atoms with van der Waals surface area (Å²) in [6.07, 6.45) is 0. The molecule has 0 fully saturated rings. The number of hydrogen-bond donors (Lipinski definition) is 0. The smallest absolute Gasteiger partial charge is 0.0410 e. The van der Waals surface area contributed by atoms with Crippen LogP contribution in [0.1, 0.15) is 22.3 Å². The summed E-state index contributed by atoms with van der Waals surface area (Å²) in [4.78, 5) is 8.78. The molecule has 0 aliphatic heterocycles. The van der Waals surface area contributed by atoms with Gasteiger partial charge in [0.15, 0.2) is 0 Å². The number of aryl methyl sites for hydroxylation is 4. The van der Waals surface area contributed by atoms with Crippen molar-refractivity contribution in [1.29, 1.82) is 0 Å². The van der Waals surface area contributed by atoms with E-state index in [4.69, 9.17) is 0 Å². The maximum absolute atomic E-state index is 2.27. The van der Waals surface area contributed by atoms with E-state index >= 15 is 0 Å². The fourth-order valence-corrected chi connectivity index (χ4v) is 14.5. The third kappa shape index (κ3) is 17.4. The molecule has 0 heterocycles. The first kappa shape index (κ1) is 73.4. The first-order valence-corrected chi connectivity index (χ1v) is 37.8. The van der Waals surface area contributed by atoms with Crippen molar-refractivity contribution in [1.82, 2.24) is 0 Å². The van der Waals surface area contributed by atoms with Crippen LogP contribution in [0.15, 0.2) is 413 Å². The Balaban J connectivity index is 0.000000111. The molecule has 0 bridgehead atoms. The highest BCUT2D eigenvalue weighted by Gasteiger charge is 2.13. The molecule has 19 aromatic carbocycles. The average molecular weight is 1420 g/mol. The Bertz CT molecular complexity index is 5850. The van der Waals surface area contributed by atoms with E-state index in [-0.39, 0.29) is 0 Å². The third-order valence-corrected chi connectivity index (χ3v) is 20.6. The lowest BCUT2D eigenvalue weighted by atomic mass is 9.92. The third-order valence-electron chi connectivity index (χ3n) is 20.6. The molecule has 0 atom stereocenters. The highest BCUT2D eigenvalue weighted by atomic mass is 15.1. The molecule has 0 aliphatic rings. The summed E-state index contributed by atoms with van der Waals surface area (Å²) in [5.41, 5.74) is 22.3. The molecular weight excluding hydrogens is 1330 g/mol. The summed E-state index contributed by atoms with van der Waals surface area (Å²) < 4.78 is 0. The minimum atomic E-state index is 1.18. The molecule has 4 heteroatoms. The maximum Gasteiger partial charge on any atom is 0.0410 e. The lowest BCUT2D eigenvalue weighted by Gasteiger charge is -2.20.